The number of hydrogen-bond donors (Lipinski definition) is 1. The second-order valence-electron chi connectivity index (χ2n) is 4.23. The van der Waals surface area contributed by atoms with Gasteiger partial charge in [0, 0.05) is 44.4 Å². The molecule has 0 unspecified atom stereocenters. The molecule has 0 saturated heterocycles. The van der Waals surface area contributed by atoms with E-state index in [9.17, 15) is 0 Å². The van der Waals surface area contributed by atoms with E-state index in [1.807, 2.05) is 19.1 Å². The summed E-state index contributed by atoms with van der Waals surface area (Å²) in [5, 5.41) is 3.26. The van der Waals surface area contributed by atoms with Gasteiger partial charge in [0.05, 0.1) is 12.3 Å². The highest BCUT2D eigenvalue weighted by Gasteiger charge is 2.05. The Kier molecular flexibility index (Phi) is 4.94. The predicted octanol–water partition coefficient (Wildman–Crippen LogP) is 1.58. The van der Waals surface area contributed by atoms with Crippen molar-refractivity contribution in [1.82, 2.24) is 20.3 Å². The van der Waals surface area contributed by atoms with E-state index in [1.54, 1.807) is 25.7 Å². The summed E-state index contributed by atoms with van der Waals surface area (Å²) in [4.78, 5) is 13.0. The topological polar surface area (TPSA) is 59.9 Å². The second-order valence-corrected chi connectivity index (χ2v) is 4.23. The molecule has 0 radical (unpaired) electrons. The minimum absolute atomic E-state index is 0.694. The first-order valence-corrected chi connectivity index (χ1v) is 6.24. The lowest BCUT2D eigenvalue weighted by Gasteiger charge is -2.06. The Morgan fingerprint density at radius 2 is 2.16 bits per heavy atom. The van der Waals surface area contributed by atoms with Crippen LogP contribution in [-0.4, -0.2) is 35.2 Å². The van der Waals surface area contributed by atoms with Crippen LogP contribution in [0.15, 0.2) is 30.7 Å². The van der Waals surface area contributed by atoms with Crippen LogP contribution in [0, 0.1) is 6.92 Å². The zero-order valence-electron chi connectivity index (χ0n) is 11.3. The highest BCUT2D eigenvalue weighted by molar-refractivity contribution is 5.57. The summed E-state index contributed by atoms with van der Waals surface area (Å²) < 4.78 is 4.99. The predicted molar refractivity (Wildman–Crippen MR) is 73.6 cm³/mol. The van der Waals surface area contributed by atoms with E-state index in [-0.39, 0.29) is 0 Å². The average molecular weight is 258 g/mol. The van der Waals surface area contributed by atoms with Crippen LogP contribution in [0.4, 0.5) is 0 Å². The molecular formula is C14H18N4O. The third-order valence-electron chi connectivity index (χ3n) is 2.78. The Morgan fingerprint density at radius 3 is 2.95 bits per heavy atom. The number of ether oxygens (including phenoxy) is 1. The molecule has 0 amide bonds. The van der Waals surface area contributed by atoms with Gasteiger partial charge in [-0.05, 0) is 24.6 Å². The average Bonchev–Trinajstić information content (AvgIpc) is 2.44. The molecule has 5 nitrogen and oxygen atoms in total. The lowest BCUT2D eigenvalue weighted by atomic mass is 10.1. The van der Waals surface area contributed by atoms with Crippen molar-refractivity contribution < 1.29 is 4.74 Å². The molecule has 19 heavy (non-hydrogen) atoms. The number of methoxy groups -OCH3 is 1. The summed E-state index contributed by atoms with van der Waals surface area (Å²) >= 11 is 0. The molecule has 2 aromatic rings. The molecule has 5 heteroatoms. The fraction of sp³-hybridized carbons (Fsp3) is 0.357. The van der Waals surface area contributed by atoms with Gasteiger partial charge in [-0.2, -0.15) is 0 Å². The zero-order valence-corrected chi connectivity index (χ0v) is 11.3. The number of aromatic nitrogens is 3. The Labute approximate surface area is 113 Å². The molecule has 0 aliphatic carbocycles. The van der Waals surface area contributed by atoms with Crippen LogP contribution < -0.4 is 5.32 Å². The van der Waals surface area contributed by atoms with Crippen molar-refractivity contribution in [1.29, 1.82) is 0 Å². The van der Waals surface area contributed by atoms with Crippen molar-refractivity contribution in [2.75, 3.05) is 20.3 Å². The van der Waals surface area contributed by atoms with Gasteiger partial charge >= 0.3 is 0 Å². The first-order chi connectivity index (χ1) is 9.31. The molecule has 100 valence electrons. The fourth-order valence-corrected chi connectivity index (χ4v) is 1.71. The quantitative estimate of drug-likeness (QED) is 0.797. The Morgan fingerprint density at radius 1 is 1.26 bits per heavy atom. The minimum atomic E-state index is 0.694. The summed E-state index contributed by atoms with van der Waals surface area (Å²) in [6, 6.07) is 3.87. The summed E-state index contributed by atoms with van der Waals surface area (Å²) in [6.07, 6.45) is 5.35. The third kappa shape index (κ3) is 3.81. The molecule has 0 fully saturated rings. The van der Waals surface area contributed by atoms with E-state index in [1.165, 1.54) is 0 Å². The standard InChI is InChI=1S/C14H18N4O/c1-11-3-5-15-10-13(11)14-17-6-4-12(18-14)9-16-7-8-19-2/h3-6,10,16H,7-9H2,1-2H3. The first-order valence-electron chi connectivity index (χ1n) is 6.24. The lowest BCUT2D eigenvalue weighted by molar-refractivity contribution is 0.199. The molecule has 2 rings (SSSR count). The van der Waals surface area contributed by atoms with Gasteiger partial charge in [0.25, 0.3) is 0 Å². The molecule has 0 aliphatic rings. The van der Waals surface area contributed by atoms with Crippen LogP contribution >= 0.6 is 0 Å². The van der Waals surface area contributed by atoms with Gasteiger partial charge in [0.2, 0.25) is 0 Å². The number of aryl methyl sites for hydroxylation is 1. The van der Waals surface area contributed by atoms with E-state index in [0.717, 1.165) is 29.2 Å². The molecule has 0 saturated carbocycles. The van der Waals surface area contributed by atoms with E-state index in [4.69, 9.17) is 4.74 Å². The Bertz CT molecular complexity index is 530. The van der Waals surface area contributed by atoms with Gasteiger partial charge in [-0.15, -0.1) is 0 Å². The Hall–Kier alpha value is -1.85. The van der Waals surface area contributed by atoms with Gasteiger partial charge in [-0.25, -0.2) is 9.97 Å². The maximum atomic E-state index is 4.99. The van der Waals surface area contributed by atoms with E-state index in [0.29, 0.717) is 13.2 Å². The van der Waals surface area contributed by atoms with Crippen molar-refractivity contribution in [3.8, 4) is 11.4 Å². The minimum Gasteiger partial charge on any atom is -0.383 e. The maximum Gasteiger partial charge on any atom is 0.161 e. The first kappa shape index (κ1) is 13.6. The van der Waals surface area contributed by atoms with Crippen LogP contribution in [0.5, 0.6) is 0 Å². The number of nitrogens with one attached hydrogen (secondary N) is 1. The molecule has 0 bridgehead atoms. The molecule has 0 aliphatic heterocycles. The molecule has 0 spiro atoms. The smallest absolute Gasteiger partial charge is 0.161 e. The highest BCUT2D eigenvalue weighted by atomic mass is 16.5. The second kappa shape index (κ2) is 6.92. The van der Waals surface area contributed by atoms with Gasteiger partial charge in [0.1, 0.15) is 0 Å². The van der Waals surface area contributed by atoms with Gasteiger partial charge in [0.15, 0.2) is 5.82 Å². The largest absolute Gasteiger partial charge is 0.383 e. The molecule has 0 aromatic carbocycles. The van der Waals surface area contributed by atoms with Gasteiger partial charge < -0.3 is 10.1 Å². The Balaban J connectivity index is 2.09. The summed E-state index contributed by atoms with van der Waals surface area (Å²) in [6.45, 7) is 4.24. The van der Waals surface area contributed by atoms with E-state index < -0.39 is 0 Å². The lowest BCUT2D eigenvalue weighted by Crippen LogP contribution is -2.19. The van der Waals surface area contributed by atoms with Crippen LogP contribution in [0.2, 0.25) is 0 Å². The van der Waals surface area contributed by atoms with Crippen molar-refractivity contribution >= 4 is 0 Å². The maximum absolute atomic E-state index is 4.99. The normalized spacial score (nSPS) is 10.6. The van der Waals surface area contributed by atoms with Crippen LogP contribution in [-0.2, 0) is 11.3 Å². The number of nitrogens with zero attached hydrogens (tertiary/aromatic N) is 3. The van der Waals surface area contributed by atoms with Gasteiger partial charge in [-0.3, -0.25) is 4.98 Å². The van der Waals surface area contributed by atoms with Crippen molar-refractivity contribution in [3.05, 3.63) is 42.0 Å². The number of rotatable bonds is 6. The SMILES string of the molecule is COCCNCc1ccnc(-c2cnccc2C)n1. The van der Waals surface area contributed by atoms with Crippen LogP contribution in [0.25, 0.3) is 11.4 Å². The monoisotopic (exact) mass is 258 g/mol. The highest BCUT2D eigenvalue weighted by Crippen LogP contribution is 2.17. The zero-order chi connectivity index (χ0) is 13.5. The van der Waals surface area contributed by atoms with E-state index in [2.05, 4.69) is 20.3 Å². The number of pyridine rings is 1. The summed E-state index contributed by atoms with van der Waals surface area (Å²) in [5.41, 5.74) is 3.06. The summed E-state index contributed by atoms with van der Waals surface area (Å²) in [5.74, 6) is 0.719. The van der Waals surface area contributed by atoms with E-state index >= 15 is 0 Å². The van der Waals surface area contributed by atoms with Crippen molar-refractivity contribution in [3.63, 3.8) is 0 Å². The van der Waals surface area contributed by atoms with Gasteiger partial charge in [-0.1, -0.05) is 0 Å². The third-order valence-corrected chi connectivity index (χ3v) is 2.78. The molecule has 0 atom stereocenters. The van der Waals surface area contributed by atoms with Crippen LogP contribution in [0.1, 0.15) is 11.3 Å². The molecule has 2 heterocycles. The van der Waals surface area contributed by atoms with Crippen molar-refractivity contribution in [2.45, 2.75) is 13.5 Å². The fourth-order valence-electron chi connectivity index (χ4n) is 1.71. The van der Waals surface area contributed by atoms with Crippen molar-refractivity contribution in [2.24, 2.45) is 0 Å². The summed E-state index contributed by atoms with van der Waals surface area (Å²) in [7, 11) is 1.69. The molecular weight excluding hydrogens is 240 g/mol. The molecule has 2 aromatic heterocycles. The van der Waals surface area contributed by atoms with Crippen LogP contribution in [0.3, 0.4) is 0 Å². The molecule has 1 N–H and O–H groups in total. The number of hydrogen-bond acceptors (Lipinski definition) is 5.